The quantitative estimate of drug-likeness (QED) is 0.388. The molecule has 2 aromatic heterocycles. The Morgan fingerprint density at radius 1 is 1.27 bits per heavy atom. The van der Waals surface area contributed by atoms with E-state index in [2.05, 4.69) is 43.0 Å². The van der Waals surface area contributed by atoms with E-state index in [9.17, 15) is 4.79 Å². The summed E-state index contributed by atoms with van der Waals surface area (Å²) in [6.07, 6.45) is 8.49. The van der Waals surface area contributed by atoms with Gasteiger partial charge in [0.05, 0.1) is 6.26 Å². The molecule has 2 aliphatic rings. The van der Waals surface area contributed by atoms with Crippen LogP contribution in [0.15, 0.2) is 27.8 Å². The number of carbonyl (C=O) groups is 1. The number of nitrogens with zero attached hydrogens (tertiary/aromatic N) is 3. The van der Waals surface area contributed by atoms with E-state index in [4.69, 9.17) is 4.42 Å². The zero-order chi connectivity index (χ0) is 20.8. The Labute approximate surface area is 176 Å². The average Bonchev–Trinajstić information content (AvgIpc) is 3.19. The van der Waals surface area contributed by atoms with Gasteiger partial charge in [-0.15, -0.1) is 0 Å². The standard InChI is InChI=1S/C21H31N7O2/c1-2-22-21(23-11-10-18-26-19(28-27-18)17-7-4-12-30-17)25-16-6-3-5-14(13-16)20(29)24-15-8-9-15/h4,7,12,14-16H,2-3,5-6,8-11,13H2,1H3,(H,24,29)(H2,22,23,25)(H,26,27,28). The Morgan fingerprint density at radius 2 is 2.17 bits per heavy atom. The van der Waals surface area contributed by atoms with Crippen molar-refractivity contribution in [2.45, 2.75) is 64.0 Å². The molecule has 9 nitrogen and oxygen atoms in total. The molecule has 0 aromatic carbocycles. The monoisotopic (exact) mass is 413 g/mol. The number of aromatic nitrogens is 3. The molecule has 0 bridgehead atoms. The third-order valence-corrected chi connectivity index (χ3v) is 5.55. The van der Waals surface area contributed by atoms with E-state index in [-0.39, 0.29) is 17.9 Å². The molecule has 30 heavy (non-hydrogen) atoms. The van der Waals surface area contributed by atoms with E-state index < -0.39 is 0 Å². The number of hydrogen-bond acceptors (Lipinski definition) is 5. The molecule has 162 valence electrons. The van der Waals surface area contributed by atoms with Crippen molar-refractivity contribution in [3.63, 3.8) is 0 Å². The maximum atomic E-state index is 12.4. The lowest BCUT2D eigenvalue weighted by Crippen LogP contribution is -2.47. The van der Waals surface area contributed by atoms with Crippen LogP contribution in [0.4, 0.5) is 0 Å². The van der Waals surface area contributed by atoms with E-state index in [1.54, 1.807) is 6.26 Å². The van der Waals surface area contributed by atoms with Gasteiger partial charge in [-0.2, -0.15) is 5.10 Å². The van der Waals surface area contributed by atoms with E-state index in [1.165, 1.54) is 0 Å². The minimum absolute atomic E-state index is 0.106. The second-order valence-electron chi connectivity index (χ2n) is 8.08. The molecule has 4 rings (SSSR count). The Morgan fingerprint density at radius 3 is 2.93 bits per heavy atom. The molecule has 2 atom stereocenters. The van der Waals surface area contributed by atoms with Crippen LogP contribution in [-0.4, -0.2) is 52.2 Å². The Hall–Kier alpha value is -2.84. The number of carbonyl (C=O) groups excluding carboxylic acids is 1. The second-order valence-corrected chi connectivity index (χ2v) is 8.08. The number of hydrogen-bond donors (Lipinski definition) is 4. The first kappa shape index (κ1) is 20.4. The van der Waals surface area contributed by atoms with Gasteiger partial charge in [-0.3, -0.25) is 14.9 Å². The highest BCUT2D eigenvalue weighted by atomic mass is 16.3. The maximum absolute atomic E-state index is 12.4. The normalized spacial score (nSPS) is 22.0. The second kappa shape index (κ2) is 9.77. The number of aromatic amines is 1. The van der Waals surface area contributed by atoms with Crippen LogP contribution >= 0.6 is 0 Å². The number of amides is 1. The van der Waals surface area contributed by atoms with Gasteiger partial charge in [0.25, 0.3) is 0 Å². The summed E-state index contributed by atoms with van der Waals surface area (Å²) >= 11 is 0. The minimum atomic E-state index is 0.106. The third-order valence-electron chi connectivity index (χ3n) is 5.55. The molecule has 0 radical (unpaired) electrons. The first-order chi connectivity index (χ1) is 14.7. The van der Waals surface area contributed by atoms with Gasteiger partial charge in [-0.1, -0.05) is 6.42 Å². The van der Waals surface area contributed by atoms with Gasteiger partial charge >= 0.3 is 0 Å². The fourth-order valence-electron chi connectivity index (χ4n) is 3.82. The number of H-pyrrole nitrogens is 1. The molecule has 1 amide bonds. The minimum Gasteiger partial charge on any atom is -0.461 e. The number of aliphatic imine (C=N–C) groups is 1. The largest absolute Gasteiger partial charge is 0.461 e. The molecular formula is C21H31N7O2. The zero-order valence-electron chi connectivity index (χ0n) is 17.5. The highest BCUT2D eigenvalue weighted by molar-refractivity contribution is 5.81. The molecule has 9 heteroatoms. The fourth-order valence-corrected chi connectivity index (χ4v) is 3.82. The molecule has 2 heterocycles. The number of nitrogens with one attached hydrogen (secondary N) is 4. The lowest BCUT2D eigenvalue weighted by molar-refractivity contribution is -0.126. The predicted molar refractivity (Wildman–Crippen MR) is 114 cm³/mol. The van der Waals surface area contributed by atoms with Crippen molar-refractivity contribution in [2.24, 2.45) is 10.9 Å². The van der Waals surface area contributed by atoms with Crippen molar-refractivity contribution in [2.75, 3.05) is 13.1 Å². The summed E-state index contributed by atoms with van der Waals surface area (Å²) in [6.45, 7) is 3.42. The van der Waals surface area contributed by atoms with Gasteiger partial charge in [0.1, 0.15) is 5.82 Å². The summed E-state index contributed by atoms with van der Waals surface area (Å²) < 4.78 is 5.32. The highest BCUT2D eigenvalue weighted by Gasteiger charge is 2.31. The average molecular weight is 414 g/mol. The third kappa shape index (κ3) is 5.61. The summed E-state index contributed by atoms with van der Waals surface area (Å²) in [5.41, 5.74) is 0. The van der Waals surface area contributed by atoms with Crippen molar-refractivity contribution in [1.29, 1.82) is 0 Å². The predicted octanol–water partition coefficient (Wildman–Crippen LogP) is 2.00. The van der Waals surface area contributed by atoms with Gasteiger partial charge in [0.15, 0.2) is 11.7 Å². The molecule has 0 saturated heterocycles. The molecule has 2 unspecified atom stereocenters. The number of guanidine groups is 1. The smallest absolute Gasteiger partial charge is 0.223 e. The van der Waals surface area contributed by atoms with E-state index in [0.717, 1.165) is 56.9 Å². The molecular weight excluding hydrogens is 382 g/mol. The van der Waals surface area contributed by atoms with Crippen molar-refractivity contribution in [3.8, 4) is 11.6 Å². The topological polar surface area (TPSA) is 120 Å². The van der Waals surface area contributed by atoms with Crippen molar-refractivity contribution < 1.29 is 9.21 Å². The Bertz CT molecular complexity index is 841. The first-order valence-electron chi connectivity index (χ1n) is 11.0. The summed E-state index contributed by atoms with van der Waals surface area (Å²) in [5, 5.41) is 17.1. The highest BCUT2D eigenvalue weighted by Crippen LogP contribution is 2.26. The Balaban J connectivity index is 1.28. The van der Waals surface area contributed by atoms with Gasteiger partial charge in [-0.25, -0.2) is 4.98 Å². The molecule has 2 aromatic rings. The van der Waals surface area contributed by atoms with Crippen LogP contribution in [0.1, 0.15) is 51.3 Å². The first-order valence-corrected chi connectivity index (χ1v) is 11.0. The van der Waals surface area contributed by atoms with Crippen LogP contribution in [0, 0.1) is 5.92 Å². The Kier molecular flexibility index (Phi) is 6.66. The molecule has 2 aliphatic carbocycles. The van der Waals surface area contributed by atoms with Crippen molar-refractivity contribution >= 4 is 11.9 Å². The molecule has 2 saturated carbocycles. The van der Waals surface area contributed by atoms with Crippen LogP contribution in [-0.2, 0) is 11.2 Å². The van der Waals surface area contributed by atoms with Crippen LogP contribution < -0.4 is 16.0 Å². The van der Waals surface area contributed by atoms with Gasteiger partial charge in [0.2, 0.25) is 11.7 Å². The van der Waals surface area contributed by atoms with Gasteiger partial charge in [-0.05, 0) is 51.2 Å². The lowest BCUT2D eigenvalue weighted by atomic mass is 9.85. The SMILES string of the molecule is CCNC(=NCCc1nc(-c2ccco2)n[nH]1)NC1CCCC(C(=O)NC2CC2)C1. The molecule has 0 aliphatic heterocycles. The summed E-state index contributed by atoms with van der Waals surface area (Å²) in [4.78, 5) is 21.6. The van der Waals surface area contributed by atoms with Crippen molar-refractivity contribution in [3.05, 3.63) is 24.2 Å². The zero-order valence-corrected chi connectivity index (χ0v) is 17.5. The number of rotatable bonds is 8. The van der Waals surface area contributed by atoms with Crippen LogP contribution in [0.2, 0.25) is 0 Å². The summed E-state index contributed by atoms with van der Waals surface area (Å²) in [6, 6.07) is 4.34. The van der Waals surface area contributed by atoms with E-state index in [0.29, 0.717) is 30.6 Å². The van der Waals surface area contributed by atoms with Gasteiger partial charge in [0, 0.05) is 37.5 Å². The molecule has 2 fully saturated rings. The van der Waals surface area contributed by atoms with E-state index >= 15 is 0 Å². The summed E-state index contributed by atoms with van der Waals surface area (Å²) in [5.74, 6) is 3.10. The van der Waals surface area contributed by atoms with Crippen molar-refractivity contribution in [1.82, 2.24) is 31.1 Å². The van der Waals surface area contributed by atoms with Crippen LogP contribution in [0.3, 0.4) is 0 Å². The van der Waals surface area contributed by atoms with Crippen LogP contribution in [0.25, 0.3) is 11.6 Å². The maximum Gasteiger partial charge on any atom is 0.223 e. The van der Waals surface area contributed by atoms with E-state index in [1.807, 2.05) is 12.1 Å². The fraction of sp³-hybridized carbons (Fsp3) is 0.619. The number of furan rings is 1. The molecule has 4 N–H and O–H groups in total. The lowest BCUT2D eigenvalue weighted by Gasteiger charge is -2.30. The summed E-state index contributed by atoms with van der Waals surface area (Å²) in [7, 11) is 0. The van der Waals surface area contributed by atoms with Gasteiger partial charge < -0.3 is 20.4 Å². The van der Waals surface area contributed by atoms with Crippen LogP contribution in [0.5, 0.6) is 0 Å². The molecule has 0 spiro atoms.